The van der Waals surface area contributed by atoms with E-state index in [1.165, 1.54) is 19.0 Å². The van der Waals surface area contributed by atoms with Gasteiger partial charge in [-0.2, -0.15) is 0 Å². The van der Waals surface area contributed by atoms with Crippen LogP contribution in [0.3, 0.4) is 0 Å². The molecule has 2 fully saturated rings. The maximum Gasteiger partial charge on any atom is 0.290 e. The molecule has 126 valence electrons. The summed E-state index contributed by atoms with van der Waals surface area (Å²) in [4.78, 5) is 37.7. The predicted molar refractivity (Wildman–Crippen MR) is 88.5 cm³/mol. The van der Waals surface area contributed by atoms with E-state index >= 15 is 0 Å². The van der Waals surface area contributed by atoms with Gasteiger partial charge in [-0.3, -0.25) is 14.5 Å². The number of aromatic amines is 1. The lowest BCUT2D eigenvalue weighted by molar-refractivity contribution is -0.142. The molecule has 0 spiro atoms. The van der Waals surface area contributed by atoms with E-state index in [1.807, 2.05) is 23.6 Å². The first kappa shape index (κ1) is 16.0. The summed E-state index contributed by atoms with van der Waals surface area (Å²) in [5.74, 6) is 0.632. The van der Waals surface area contributed by atoms with Crippen molar-refractivity contribution in [3.8, 4) is 0 Å². The number of aromatic nitrogens is 2. The molecule has 0 aromatic carbocycles. The minimum absolute atomic E-state index is 0.176. The predicted octanol–water partition coefficient (Wildman–Crippen LogP) is 0.293. The topological polar surface area (TPSA) is 72.5 Å². The van der Waals surface area contributed by atoms with Gasteiger partial charge in [0.1, 0.15) is 0 Å². The molecular weight excluding hydrogens is 294 g/mol. The van der Waals surface area contributed by atoms with Crippen LogP contribution >= 0.6 is 0 Å². The maximum absolute atomic E-state index is 12.9. The number of H-pyrrole nitrogens is 1. The van der Waals surface area contributed by atoms with Crippen LogP contribution in [0, 0.1) is 0 Å². The number of hydrogen-bond acceptors (Lipinski definition) is 5. The molecule has 3 heterocycles. The second-order valence-corrected chi connectivity index (χ2v) is 6.77. The molecule has 0 saturated carbocycles. The van der Waals surface area contributed by atoms with Gasteiger partial charge in [0.05, 0.1) is 5.54 Å². The van der Waals surface area contributed by atoms with Crippen molar-refractivity contribution in [1.82, 2.24) is 19.8 Å². The van der Waals surface area contributed by atoms with Crippen LogP contribution in [0.25, 0.3) is 0 Å². The monoisotopic (exact) mass is 319 g/mol. The number of hydrogen-bond donors (Lipinski definition) is 1. The fourth-order valence-electron chi connectivity index (χ4n) is 3.49. The van der Waals surface area contributed by atoms with E-state index in [9.17, 15) is 9.59 Å². The fourth-order valence-corrected chi connectivity index (χ4v) is 3.49. The van der Waals surface area contributed by atoms with Crippen LogP contribution in [-0.4, -0.2) is 70.5 Å². The van der Waals surface area contributed by atoms with Crippen LogP contribution < -0.4 is 10.5 Å². The van der Waals surface area contributed by atoms with Gasteiger partial charge in [0.25, 0.3) is 5.56 Å². The summed E-state index contributed by atoms with van der Waals surface area (Å²) >= 11 is 0. The number of amides is 1. The van der Waals surface area contributed by atoms with Crippen molar-refractivity contribution < 1.29 is 4.79 Å². The number of anilines is 1. The summed E-state index contributed by atoms with van der Waals surface area (Å²) in [7, 11) is 0. The van der Waals surface area contributed by atoms with Crippen molar-refractivity contribution >= 4 is 11.7 Å². The quantitative estimate of drug-likeness (QED) is 0.867. The lowest BCUT2D eigenvalue weighted by Gasteiger charge is -2.42. The highest BCUT2D eigenvalue weighted by Crippen LogP contribution is 2.24. The molecule has 7 heteroatoms. The van der Waals surface area contributed by atoms with E-state index in [1.54, 1.807) is 6.20 Å². The van der Waals surface area contributed by atoms with Gasteiger partial charge in [-0.05, 0) is 39.8 Å². The number of rotatable bonds is 3. The molecule has 0 atom stereocenters. The number of nitrogens with zero attached hydrogens (tertiary/aromatic N) is 4. The Bertz CT molecular complexity index is 613. The maximum atomic E-state index is 12.9. The zero-order valence-electron chi connectivity index (χ0n) is 13.9. The van der Waals surface area contributed by atoms with Gasteiger partial charge in [0.15, 0.2) is 5.82 Å². The Morgan fingerprint density at radius 1 is 1.13 bits per heavy atom. The standard InChI is InChI=1S/C16H25N5O2/c1-16(2,21-7-3-4-8-21)15(23)20-11-9-19(10-12-20)13-14(22)18-6-5-17-13/h5-6H,3-4,7-12H2,1-2H3,(H,18,22). The molecule has 1 amide bonds. The largest absolute Gasteiger partial charge is 0.348 e. The summed E-state index contributed by atoms with van der Waals surface area (Å²) in [6.45, 7) is 8.60. The van der Waals surface area contributed by atoms with E-state index in [2.05, 4.69) is 14.9 Å². The smallest absolute Gasteiger partial charge is 0.290 e. The third kappa shape index (κ3) is 3.10. The van der Waals surface area contributed by atoms with Crippen LogP contribution in [0.5, 0.6) is 0 Å². The molecule has 1 N–H and O–H groups in total. The van der Waals surface area contributed by atoms with Crippen LogP contribution in [0.2, 0.25) is 0 Å². The van der Waals surface area contributed by atoms with E-state index in [-0.39, 0.29) is 11.5 Å². The van der Waals surface area contributed by atoms with Crippen molar-refractivity contribution in [2.24, 2.45) is 0 Å². The van der Waals surface area contributed by atoms with Crippen LogP contribution in [0.1, 0.15) is 26.7 Å². The molecule has 0 radical (unpaired) electrons. The average molecular weight is 319 g/mol. The molecule has 7 nitrogen and oxygen atoms in total. The molecule has 2 aliphatic heterocycles. The van der Waals surface area contributed by atoms with Gasteiger partial charge in [-0.25, -0.2) is 4.98 Å². The summed E-state index contributed by atoms with van der Waals surface area (Å²) < 4.78 is 0. The summed E-state index contributed by atoms with van der Waals surface area (Å²) in [6.07, 6.45) is 5.47. The Morgan fingerprint density at radius 2 is 1.78 bits per heavy atom. The van der Waals surface area contributed by atoms with E-state index in [0.717, 1.165) is 13.1 Å². The average Bonchev–Trinajstić information content (AvgIpc) is 3.10. The van der Waals surface area contributed by atoms with Crippen molar-refractivity contribution in [2.75, 3.05) is 44.2 Å². The zero-order valence-corrected chi connectivity index (χ0v) is 13.9. The second kappa shape index (κ2) is 6.31. The molecule has 1 aromatic heterocycles. The molecule has 1 aromatic rings. The van der Waals surface area contributed by atoms with E-state index in [0.29, 0.717) is 32.0 Å². The second-order valence-electron chi connectivity index (χ2n) is 6.77. The Balaban J connectivity index is 1.63. The Labute approximate surface area is 136 Å². The van der Waals surface area contributed by atoms with Gasteiger partial charge in [-0.15, -0.1) is 0 Å². The van der Waals surface area contributed by atoms with Gasteiger partial charge in [0, 0.05) is 38.6 Å². The van der Waals surface area contributed by atoms with Gasteiger partial charge < -0.3 is 14.8 Å². The SMILES string of the molecule is CC(C)(C(=O)N1CCN(c2ncc[nH]c2=O)CC1)N1CCCC1. The van der Waals surface area contributed by atoms with E-state index < -0.39 is 5.54 Å². The highest BCUT2D eigenvalue weighted by Gasteiger charge is 2.39. The molecule has 2 saturated heterocycles. The Kier molecular flexibility index (Phi) is 4.39. The van der Waals surface area contributed by atoms with Gasteiger partial charge in [0.2, 0.25) is 5.91 Å². The Hall–Kier alpha value is -1.89. The Morgan fingerprint density at radius 3 is 2.39 bits per heavy atom. The van der Waals surface area contributed by atoms with E-state index in [4.69, 9.17) is 0 Å². The number of carbonyl (C=O) groups excluding carboxylic acids is 1. The number of piperazine rings is 1. The molecule has 3 rings (SSSR count). The lowest BCUT2D eigenvalue weighted by Crippen LogP contribution is -2.59. The fraction of sp³-hybridized carbons (Fsp3) is 0.688. The van der Waals surface area contributed by atoms with Gasteiger partial charge in [-0.1, -0.05) is 0 Å². The summed E-state index contributed by atoms with van der Waals surface area (Å²) in [5, 5.41) is 0. The van der Waals surface area contributed by atoms with Gasteiger partial charge >= 0.3 is 0 Å². The molecule has 23 heavy (non-hydrogen) atoms. The first-order chi connectivity index (χ1) is 11.0. The highest BCUT2D eigenvalue weighted by atomic mass is 16.2. The molecule has 0 unspecified atom stereocenters. The third-order valence-corrected chi connectivity index (χ3v) is 4.98. The van der Waals surface area contributed by atoms with Crippen LogP contribution in [0.15, 0.2) is 17.2 Å². The van der Waals surface area contributed by atoms with Crippen molar-refractivity contribution in [3.63, 3.8) is 0 Å². The van der Waals surface area contributed by atoms with Crippen molar-refractivity contribution in [2.45, 2.75) is 32.2 Å². The van der Waals surface area contributed by atoms with Crippen molar-refractivity contribution in [3.05, 3.63) is 22.7 Å². The normalized spacial score (nSPS) is 20.1. The van der Waals surface area contributed by atoms with Crippen LogP contribution in [0.4, 0.5) is 5.82 Å². The highest BCUT2D eigenvalue weighted by molar-refractivity contribution is 5.85. The number of likely N-dealkylation sites (tertiary alicyclic amines) is 1. The summed E-state index contributed by atoms with van der Waals surface area (Å²) in [5.41, 5.74) is -0.620. The first-order valence-electron chi connectivity index (χ1n) is 8.33. The number of carbonyl (C=O) groups is 1. The first-order valence-corrected chi connectivity index (χ1v) is 8.33. The summed E-state index contributed by atoms with van der Waals surface area (Å²) in [6, 6.07) is 0. The molecule has 0 bridgehead atoms. The molecule has 0 aliphatic carbocycles. The van der Waals surface area contributed by atoms with Crippen molar-refractivity contribution in [1.29, 1.82) is 0 Å². The lowest BCUT2D eigenvalue weighted by atomic mass is 10.0. The van der Waals surface area contributed by atoms with Crippen LogP contribution in [-0.2, 0) is 4.79 Å². The minimum atomic E-state index is -0.443. The number of nitrogens with one attached hydrogen (secondary N) is 1. The molecular formula is C16H25N5O2. The third-order valence-electron chi connectivity index (χ3n) is 4.98. The minimum Gasteiger partial charge on any atom is -0.348 e. The molecule has 2 aliphatic rings. The zero-order chi connectivity index (χ0) is 16.4.